The van der Waals surface area contributed by atoms with Gasteiger partial charge >= 0.3 is 5.97 Å². The molecule has 0 bridgehead atoms. The summed E-state index contributed by atoms with van der Waals surface area (Å²) >= 11 is 6.06. The van der Waals surface area contributed by atoms with Crippen LogP contribution in [-0.2, 0) is 6.61 Å². The van der Waals surface area contributed by atoms with Gasteiger partial charge in [0.25, 0.3) is 0 Å². The lowest BCUT2D eigenvalue weighted by molar-refractivity contribution is 0.0692. The third kappa shape index (κ3) is 3.41. The molecule has 0 aliphatic carbocycles. The van der Waals surface area contributed by atoms with Crippen molar-refractivity contribution in [2.45, 2.75) is 13.5 Å². The average molecular weight is 305 g/mol. The van der Waals surface area contributed by atoms with Crippen molar-refractivity contribution in [3.05, 3.63) is 64.2 Å². The van der Waals surface area contributed by atoms with E-state index in [4.69, 9.17) is 16.3 Å². The topological polar surface area (TPSA) is 63.6 Å². The minimum absolute atomic E-state index is 0.0638. The predicted molar refractivity (Wildman–Crippen MR) is 79.2 cm³/mol. The van der Waals surface area contributed by atoms with E-state index in [9.17, 15) is 14.7 Å². The SMILES string of the molecule is CC(=O)c1ccc(OCc2ccccc2)c(Cl)c1C(=O)O. The number of carbonyl (C=O) groups is 2. The van der Waals surface area contributed by atoms with Gasteiger partial charge in [-0.15, -0.1) is 0 Å². The number of aromatic carboxylic acids is 1. The number of hydrogen-bond donors (Lipinski definition) is 1. The fourth-order valence-corrected chi connectivity index (χ4v) is 2.21. The fraction of sp³-hybridized carbons (Fsp3) is 0.125. The van der Waals surface area contributed by atoms with Gasteiger partial charge in [0.1, 0.15) is 12.4 Å². The normalized spacial score (nSPS) is 10.2. The Bertz CT molecular complexity index is 680. The molecule has 0 saturated carbocycles. The van der Waals surface area contributed by atoms with Crippen molar-refractivity contribution in [1.29, 1.82) is 0 Å². The van der Waals surface area contributed by atoms with Gasteiger partial charge in [0, 0.05) is 5.56 Å². The molecule has 0 saturated heterocycles. The van der Waals surface area contributed by atoms with Crippen molar-refractivity contribution in [3.63, 3.8) is 0 Å². The van der Waals surface area contributed by atoms with Crippen molar-refractivity contribution in [2.75, 3.05) is 0 Å². The van der Waals surface area contributed by atoms with Crippen LogP contribution in [0.4, 0.5) is 0 Å². The summed E-state index contributed by atoms with van der Waals surface area (Å²) in [6.45, 7) is 1.56. The number of ketones is 1. The molecule has 0 heterocycles. The van der Waals surface area contributed by atoms with Crippen molar-refractivity contribution in [1.82, 2.24) is 0 Å². The number of carboxylic acid groups (broad SMARTS) is 1. The second-order valence-corrected chi connectivity index (χ2v) is 4.81. The zero-order chi connectivity index (χ0) is 15.4. The third-order valence-corrected chi connectivity index (χ3v) is 3.31. The van der Waals surface area contributed by atoms with E-state index >= 15 is 0 Å². The number of hydrogen-bond acceptors (Lipinski definition) is 3. The molecule has 0 atom stereocenters. The lowest BCUT2D eigenvalue weighted by Crippen LogP contribution is -2.08. The van der Waals surface area contributed by atoms with Gasteiger partial charge in [0.2, 0.25) is 0 Å². The highest BCUT2D eigenvalue weighted by Crippen LogP contribution is 2.31. The van der Waals surface area contributed by atoms with Crippen LogP contribution in [0, 0.1) is 0 Å². The van der Waals surface area contributed by atoms with Crippen LogP contribution in [0.3, 0.4) is 0 Å². The lowest BCUT2D eigenvalue weighted by atomic mass is 10.0. The van der Waals surface area contributed by atoms with Crippen molar-refractivity contribution < 1.29 is 19.4 Å². The maximum Gasteiger partial charge on any atom is 0.338 e. The molecule has 0 amide bonds. The molecule has 1 N–H and O–H groups in total. The molecule has 2 rings (SSSR count). The Morgan fingerprint density at radius 3 is 2.38 bits per heavy atom. The first-order valence-corrected chi connectivity index (χ1v) is 6.62. The molecule has 5 heteroatoms. The van der Waals surface area contributed by atoms with E-state index in [1.54, 1.807) is 0 Å². The minimum Gasteiger partial charge on any atom is -0.487 e. The van der Waals surface area contributed by atoms with Crippen LogP contribution >= 0.6 is 11.6 Å². The number of halogens is 1. The molecule has 0 radical (unpaired) electrons. The van der Waals surface area contributed by atoms with E-state index in [0.29, 0.717) is 0 Å². The first kappa shape index (κ1) is 15.1. The van der Waals surface area contributed by atoms with Gasteiger partial charge in [-0.2, -0.15) is 0 Å². The number of carboxylic acids is 1. The van der Waals surface area contributed by atoms with E-state index in [1.807, 2.05) is 30.3 Å². The summed E-state index contributed by atoms with van der Waals surface area (Å²) in [5.74, 6) is -1.37. The van der Waals surface area contributed by atoms with Crippen LogP contribution < -0.4 is 4.74 Å². The largest absolute Gasteiger partial charge is 0.487 e. The standard InChI is InChI=1S/C16H13ClO4/c1-10(18)12-7-8-13(15(17)14(12)16(19)20)21-9-11-5-3-2-4-6-11/h2-8H,9H2,1H3,(H,19,20). The first-order chi connectivity index (χ1) is 10.0. The quantitative estimate of drug-likeness (QED) is 0.853. The van der Waals surface area contributed by atoms with E-state index in [-0.39, 0.29) is 34.3 Å². The number of ether oxygens (including phenoxy) is 1. The highest BCUT2D eigenvalue weighted by molar-refractivity contribution is 6.36. The molecule has 2 aromatic rings. The van der Waals surface area contributed by atoms with E-state index in [0.717, 1.165) is 5.56 Å². The Morgan fingerprint density at radius 2 is 1.81 bits per heavy atom. The van der Waals surface area contributed by atoms with Crippen LogP contribution in [0.25, 0.3) is 0 Å². The van der Waals surface area contributed by atoms with Gasteiger partial charge in [0.15, 0.2) is 5.78 Å². The molecule has 108 valence electrons. The van der Waals surface area contributed by atoms with Crippen molar-refractivity contribution >= 4 is 23.4 Å². The molecule has 21 heavy (non-hydrogen) atoms. The van der Waals surface area contributed by atoms with Crippen molar-refractivity contribution in [3.8, 4) is 5.75 Å². The second kappa shape index (κ2) is 6.41. The molecule has 0 spiro atoms. The molecule has 2 aromatic carbocycles. The molecule has 0 unspecified atom stereocenters. The lowest BCUT2D eigenvalue weighted by Gasteiger charge is -2.12. The zero-order valence-corrected chi connectivity index (χ0v) is 12.1. The molecule has 0 aromatic heterocycles. The van der Waals surface area contributed by atoms with Gasteiger partial charge in [-0.3, -0.25) is 4.79 Å². The average Bonchev–Trinajstić information content (AvgIpc) is 2.46. The van der Waals surface area contributed by atoms with E-state index < -0.39 is 5.97 Å². The number of rotatable bonds is 5. The number of benzene rings is 2. The summed E-state index contributed by atoms with van der Waals surface area (Å²) in [5.41, 5.74) is 0.773. The van der Waals surface area contributed by atoms with E-state index in [2.05, 4.69) is 0 Å². The Kier molecular flexibility index (Phi) is 4.60. The van der Waals surface area contributed by atoms with Crippen LogP contribution in [0.5, 0.6) is 5.75 Å². The van der Waals surface area contributed by atoms with Gasteiger partial charge in [-0.05, 0) is 24.6 Å². The molecular formula is C16H13ClO4. The Hall–Kier alpha value is -2.33. The number of Topliss-reactive ketones (excluding diaryl/α,β-unsaturated/α-hetero) is 1. The highest BCUT2D eigenvalue weighted by atomic mass is 35.5. The molecular weight excluding hydrogens is 292 g/mol. The predicted octanol–water partition coefficient (Wildman–Crippen LogP) is 3.82. The maximum atomic E-state index is 11.5. The van der Waals surface area contributed by atoms with Crippen LogP contribution in [0.2, 0.25) is 5.02 Å². The zero-order valence-electron chi connectivity index (χ0n) is 11.3. The third-order valence-electron chi connectivity index (χ3n) is 2.94. The molecule has 0 aliphatic rings. The van der Waals surface area contributed by atoms with Gasteiger partial charge in [-0.1, -0.05) is 41.9 Å². The first-order valence-electron chi connectivity index (χ1n) is 6.24. The summed E-state index contributed by atoms with van der Waals surface area (Å²) in [4.78, 5) is 22.7. The summed E-state index contributed by atoms with van der Waals surface area (Å²) in [5, 5.41) is 9.15. The molecule has 4 nitrogen and oxygen atoms in total. The van der Waals surface area contributed by atoms with Crippen LogP contribution in [0.1, 0.15) is 33.2 Å². The van der Waals surface area contributed by atoms with Gasteiger partial charge in [0.05, 0.1) is 10.6 Å². The maximum absolute atomic E-state index is 11.5. The monoisotopic (exact) mass is 304 g/mol. The van der Waals surface area contributed by atoms with Gasteiger partial charge in [-0.25, -0.2) is 4.79 Å². The van der Waals surface area contributed by atoms with Crippen LogP contribution in [0.15, 0.2) is 42.5 Å². The molecule has 0 fully saturated rings. The van der Waals surface area contributed by atoms with Gasteiger partial charge < -0.3 is 9.84 Å². The summed E-state index contributed by atoms with van der Waals surface area (Å²) in [7, 11) is 0. The summed E-state index contributed by atoms with van der Waals surface area (Å²) in [6.07, 6.45) is 0. The van der Waals surface area contributed by atoms with Crippen molar-refractivity contribution in [2.24, 2.45) is 0 Å². The van der Waals surface area contributed by atoms with E-state index in [1.165, 1.54) is 19.1 Å². The number of carbonyl (C=O) groups excluding carboxylic acids is 1. The Morgan fingerprint density at radius 1 is 1.14 bits per heavy atom. The second-order valence-electron chi connectivity index (χ2n) is 4.44. The Balaban J connectivity index is 2.31. The minimum atomic E-state index is -1.25. The summed E-state index contributed by atoms with van der Waals surface area (Å²) in [6, 6.07) is 12.3. The molecule has 0 aliphatic heterocycles. The van der Waals surface area contributed by atoms with Crippen LogP contribution in [-0.4, -0.2) is 16.9 Å². The highest BCUT2D eigenvalue weighted by Gasteiger charge is 2.21. The summed E-state index contributed by atoms with van der Waals surface area (Å²) < 4.78 is 5.54. The fourth-order valence-electron chi connectivity index (χ4n) is 1.91. The Labute approximate surface area is 126 Å². The smallest absolute Gasteiger partial charge is 0.338 e.